The predicted octanol–water partition coefficient (Wildman–Crippen LogP) is 3.00. The van der Waals surface area contributed by atoms with Gasteiger partial charge in [-0.15, -0.1) is 0 Å². The van der Waals surface area contributed by atoms with Crippen molar-refractivity contribution in [3.8, 4) is 0 Å². The van der Waals surface area contributed by atoms with Gasteiger partial charge in [0.1, 0.15) is 11.5 Å². The zero-order valence-electron chi connectivity index (χ0n) is 12.8. The first-order valence-electron chi connectivity index (χ1n) is 6.83. The summed E-state index contributed by atoms with van der Waals surface area (Å²) in [5, 5.41) is 4.04. The minimum absolute atomic E-state index is 0.0909. The molecule has 0 unspecified atom stereocenters. The highest BCUT2D eigenvalue weighted by Crippen LogP contribution is 2.20. The monoisotopic (exact) mass is 289 g/mol. The number of aryl methyl sites for hydroxylation is 1. The average molecular weight is 289 g/mol. The van der Waals surface area contributed by atoms with Gasteiger partial charge in [0, 0.05) is 25.3 Å². The molecule has 0 radical (unpaired) electrons. The van der Waals surface area contributed by atoms with Gasteiger partial charge in [-0.3, -0.25) is 9.48 Å². The average Bonchev–Trinajstić information content (AvgIpc) is 2.82. The maximum atomic E-state index is 13.0. The number of carbonyl (C=O) groups excluding carboxylic acids is 1. The number of aromatic nitrogens is 2. The normalized spacial score (nSPS) is 11.5. The summed E-state index contributed by atoms with van der Waals surface area (Å²) in [7, 11) is 1.74. The van der Waals surface area contributed by atoms with Gasteiger partial charge in [0.25, 0.3) is 5.91 Å². The van der Waals surface area contributed by atoms with Crippen LogP contribution in [0, 0.1) is 5.82 Å². The lowest BCUT2D eigenvalue weighted by molar-refractivity contribution is 0.0547. The van der Waals surface area contributed by atoms with Crippen molar-refractivity contribution in [1.29, 1.82) is 0 Å². The van der Waals surface area contributed by atoms with Crippen molar-refractivity contribution < 1.29 is 9.18 Å². The van der Waals surface area contributed by atoms with Crippen molar-refractivity contribution in [3.63, 3.8) is 0 Å². The van der Waals surface area contributed by atoms with Gasteiger partial charge < -0.3 is 4.90 Å². The van der Waals surface area contributed by atoms with Gasteiger partial charge in [0.15, 0.2) is 0 Å². The summed E-state index contributed by atoms with van der Waals surface area (Å²) in [6, 6.07) is 7.91. The fourth-order valence-corrected chi connectivity index (χ4v) is 2.11. The minimum Gasteiger partial charge on any atom is -0.328 e. The van der Waals surface area contributed by atoms with Crippen molar-refractivity contribution >= 4 is 5.91 Å². The molecule has 1 amide bonds. The Morgan fingerprint density at radius 2 is 1.86 bits per heavy atom. The van der Waals surface area contributed by atoms with Crippen molar-refractivity contribution in [2.24, 2.45) is 7.05 Å². The molecule has 4 nitrogen and oxygen atoms in total. The molecule has 0 saturated heterocycles. The number of rotatable bonds is 3. The highest BCUT2D eigenvalue weighted by atomic mass is 19.1. The fourth-order valence-electron chi connectivity index (χ4n) is 2.11. The van der Waals surface area contributed by atoms with Gasteiger partial charge in [-0.05, 0) is 44.5 Å². The molecule has 21 heavy (non-hydrogen) atoms. The van der Waals surface area contributed by atoms with E-state index in [-0.39, 0.29) is 17.3 Å². The Hall–Kier alpha value is -2.17. The van der Waals surface area contributed by atoms with E-state index in [4.69, 9.17) is 0 Å². The van der Waals surface area contributed by atoms with Gasteiger partial charge in [-0.25, -0.2) is 4.39 Å². The number of nitrogens with zero attached hydrogens (tertiary/aromatic N) is 3. The topological polar surface area (TPSA) is 38.1 Å². The molecule has 1 heterocycles. The Labute approximate surface area is 124 Å². The maximum absolute atomic E-state index is 13.0. The minimum atomic E-state index is -0.351. The van der Waals surface area contributed by atoms with Crippen LogP contribution in [0.1, 0.15) is 36.8 Å². The summed E-state index contributed by atoms with van der Waals surface area (Å²) in [5.41, 5.74) is 1.07. The van der Waals surface area contributed by atoms with Crippen molar-refractivity contribution in [1.82, 2.24) is 14.7 Å². The summed E-state index contributed by atoms with van der Waals surface area (Å²) in [6.07, 6.45) is 1.60. The maximum Gasteiger partial charge on any atom is 0.272 e. The number of halogens is 1. The number of amides is 1. The first kappa shape index (κ1) is 15.2. The molecular weight excluding hydrogens is 269 g/mol. The molecule has 0 aliphatic rings. The largest absolute Gasteiger partial charge is 0.328 e. The van der Waals surface area contributed by atoms with E-state index < -0.39 is 0 Å². The first-order chi connectivity index (χ1) is 9.79. The Bertz CT molecular complexity index is 626. The molecule has 2 aromatic rings. The second kappa shape index (κ2) is 5.68. The van der Waals surface area contributed by atoms with E-state index in [0.717, 1.165) is 5.56 Å². The molecule has 0 aliphatic heterocycles. The second-order valence-electron chi connectivity index (χ2n) is 6.03. The molecule has 0 saturated carbocycles. The summed E-state index contributed by atoms with van der Waals surface area (Å²) in [5.74, 6) is -0.370. The van der Waals surface area contributed by atoms with Crippen LogP contribution in [-0.4, -0.2) is 26.1 Å². The summed E-state index contributed by atoms with van der Waals surface area (Å²) in [6.45, 7) is 6.36. The lowest BCUT2D eigenvalue weighted by Crippen LogP contribution is -2.45. The number of hydrogen-bond donors (Lipinski definition) is 0. The van der Waals surface area contributed by atoms with Crippen molar-refractivity contribution in [3.05, 3.63) is 53.6 Å². The van der Waals surface area contributed by atoms with Gasteiger partial charge in [-0.2, -0.15) is 5.10 Å². The number of carbonyl (C=O) groups is 1. The third kappa shape index (κ3) is 3.48. The molecule has 1 aromatic heterocycles. The molecule has 0 fully saturated rings. The van der Waals surface area contributed by atoms with Crippen LogP contribution in [0.2, 0.25) is 0 Å². The zero-order valence-corrected chi connectivity index (χ0v) is 12.8. The molecule has 0 atom stereocenters. The van der Waals surface area contributed by atoms with Gasteiger partial charge in [0.05, 0.1) is 0 Å². The Morgan fingerprint density at radius 1 is 1.24 bits per heavy atom. The standard InChI is InChI=1S/C16H20FN3O/c1-16(2,3)20(11-12-5-7-13(17)8-6-12)15(21)14-9-10-18-19(14)4/h5-10H,11H2,1-4H3. The van der Waals surface area contributed by atoms with E-state index in [1.807, 2.05) is 20.8 Å². The van der Waals surface area contributed by atoms with Gasteiger partial charge in [-0.1, -0.05) is 12.1 Å². The Kier molecular flexibility index (Phi) is 4.11. The molecule has 0 bridgehead atoms. The first-order valence-corrected chi connectivity index (χ1v) is 6.83. The van der Waals surface area contributed by atoms with E-state index in [9.17, 15) is 9.18 Å². The summed E-state index contributed by atoms with van der Waals surface area (Å²) >= 11 is 0. The molecule has 112 valence electrons. The Balaban J connectivity index is 2.29. The second-order valence-corrected chi connectivity index (χ2v) is 6.03. The smallest absolute Gasteiger partial charge is 0.272 e. The highest BCUT2D eigenvalue weighted by molar-refractivity contribution is 5.93. The zero-order chi connectivity index (χ0) is 15.6. The lowest BCUT2D eigenvalue weighted by Gasteiger charge is -2.35. The van der Waals surface area contributed by atoms with Crippen LogP contribution in [0.4, 0.5) is 4.39 Å². The van der Waals surface area contributed by atoms with Crippen LogP contribution in [0.25, 0.3) is 0 Å². The van der Waals surface area contributed by atoms with Crippen molar-refractivity contribution in [2.45, 2.75) is 32.9 Å². The van der Waals surface area contributed by atoms with E-state index in [0.29, 0.717) is 12.2 Å². The van der Waals surface area contributed by atoms with Crippen LogP contribution in [0.5, 0.6) is 0 Å². The molecule has 5 heteroatoms. The fraction of sp³-hybridized carbons (Fsp3) is 0.375. The number of hydrogen-bond acceptors (Lipinski definition) is 2. The van der Waals surface area contributed by atoms with Crippen LogP contribution < -0.4 is 0 Å². The quantitative estimate of drug-likeness (QED) is 0.871. The molecule has 0 aliphatic carbocycles. The molecular formula is C16H20FN3O. The van der Waals surface area contributed by atoms with Crippen LogP contribution in [0.3, 0.4) is 0 Å². The SMILES string of the molecule is Cn1nccc1C(=O)N(Cc1ccc(F)cc1)C(C)(C)C. The van der Waals surface area contributed by atoms with E-state index in [1.54, 1.807) is 41.0 Å². The summed E-state index contributed by atoms with van der Waals surface area (Å²) < 4.78 is 14.6. The molecule has 2 rings (SSSR count). The van der Waals surface area contributed by atoms with Crippen molar-refractivity contribution in [2.75, 3.05) is 0 Å². The van der Waals surface area contributed by atoms with E-state index in [2.05, 4.69) is 5.10 Å². The van der Waals surface area contributed by atoms with Crippen LogP contribution in [0.15, 0.2) is 36.5 Å². The molecule has 1 aromatic carbocycles. The van der Waals surface area contributed by atoms with E-state index in [1.165, 1.54) is 12.1 Å². The molecule has 0 N–H and O–H groups in total. The molecule has 0 spiro atoms. The third-order valence-electron chi connectivity index (χ3n) is 3.35. The highest BCUT2D eigenvalue weighted by Gasteiger charge is 2.28. The van der Waals surface area contributed by atoms with E-state index >= 15 is 0 Å². The lowest BCUT2D eigenvalue weighted by atomic mass is 10.0. The van der Waals surface area contributed by atoms with Crippen LogP contribution in [-0.2, 0) is 13.6 Å². The predicted molar refractivity (Wildman–Crippen MR) is 79.2 cm³/mol. The van der Waals surface area contributed by atoms with Crippen LogP contribution >= 0.6 is 0 Å². The summed E-state index contributed by atoms with van der Waals surface area (Å²) in [4.78, 5) is 14.5. The van der Waals surface area contributed by atoms with Gasteiger partial charge >= 0.3 is 0 Å². The van der Waals surface area contributed by atoms with Gasteiger partial charge in [0.2, 0.25) is 0 Å². The third-order valence-corrected chi connectivity index (χ3v) is 3.35. The Morgan fingerprint density at radius 3 is 2.33 bits per heavy atom. The number of benzene rings is 1.